The van der Waals surface area contributed by atoms with E-state index in [2.05, 4.69) is 25.7 Å². The van der Waals surface area contributed by atoms with E-state index >= 15 is 0 Å². The van der Waals surface area contributed by atoms with E-state index in [4.69, 9.17) is 5.73 Å². The third-order valence-electron chi connectivity index (χ3n) is 2.00. The van der Waals surface area contributed by atoms with Crippen molar-refractivity contribution in [3.05, 3.63) is 23.0 Å². The van der Waals surface area contributed by atoms with Crippen molar-refractivity contribution in [1.82, 2.24) is 4.98 Å². The van der Waals surface area contributed by atoms with Crippen LogP contribution in [-0.4, -0.2) is 18.1 Å². The molecule has 0 radical (unpaired) electrons. The summed E-state index contributed by atoms with van der Waals surface area (Å²) in [7, 11) is 1.18. The fraction of sp³-hybridized carbons (Fsp3) is 0.333. The normalized spacial score (nSPS) is 10.6. The highest BCUT2D eigenvalue weighted by atomic mass is 79.9. The van der Waals surface area contributed by atoms with Gasteiger partial charge in [0.15, 0.2) is 5.69 Å². The van der Waals surface area contributed by atoms with Gasteiger partial charge in [0, 0.05) is 22.8 Å². The second kappa shape index (κ2) is 5.20. The van der Waals surface area contributed by atoms with Gasteiger partial charge in [0.1, 0.15) is 0 Å². The number of nitrogens with two attached hydrogens (primary N) is 1. The van der Waals surface area contributed by atoms with Crippen LogP contribution < -0.4 is 5.73 Å². The van der Waals surface area contributed by atoms with Gasteiger partial charge in [-0.3, -0.25) is 0 Å². The van der Waals surface area contributed by atoms with Gasteiger partial charge in [0.25, 0.3) is 6.43 Å². The molecule has 1 heterocycles. The summed E-state index contributed by atoms with van der Waals surface area (Å²) in [6.07, 6.45) is -1.84. The molecule has 2 N–H and O–H groups in total. The van der Waals surface area contributed by atoms with E-state index in [1.807, 2.05) is 0 Å². The molecule has 0 unspecified atom stereocenters. The molecule has 4 nitrogen and oxygen atoms in total. The number of nitrogen functional groups attached to an aromatic ring is 1. The average molecular weight is 295 g/mol. The summed E-state index contributed by atoms with van der Waals surface area (Å²) in [5.41, 5.74) is 5.16. The molecule has 88 valence electrons. The highest BCUT2D eigenvalue weighted by Crippen LogP contribution is 2.29. The third-order valence-corrected chi connectivity index (χ3v) is 2.56. The third kappa shape index (κ3) is 2.29. The average Bonchev–Trinajstić information content (AvgIpc) is 2.26. The Morgan fingerprint density at radius 3 is 2.75 bits per heavy atom. The van der Waals surface area contributed by atoms with Crippen molar-refractivity contribution in [3.8, 4) is 0 Å². The van der Waals surface area contributed by atoms with Crippen molar-refractivity contribution < 1.29 is 18.3 Å². The molecule has 0 aliphatic heterocycles. The van der Waals surface area contributed by atoms with Crippen LogP contribution in [0.5, 0.6) is 0 Å². The van der Waals surface area contributed by atoms with Crippen molar-refractivity contribution in [2.24, 2.45) is 0 Å². The van der Waals surface area contributed by atoms with E-state index in [0.717, 1.165) is 6.20 Å². The molecule has 0 aliphatic rings. The lowest BCUT2D eigenvalue weighted by atomic mass is 10.1. The maximum atomic E-state index is 12.5. The van der Waals surface area contributed by atoms with Crippen molar-refractivity contribution >= 4 is 27.6 Å². The van der Waals surface area contributed by atoms with Crippen LogP contribution in [-0.2, 0) is 10.1 Å². The van der Waals surface area contributed by atoms with Gasteiger partial charge in [-0.15, -0.1) is 0 Å². The number of methoxy groups -OCH3 is 1. The molecule has 16 heavy (non-hydrogen) atoms. The lowest BCUT2D eigenvalue weighted by molar-refractivity contribution is 0.0592. The molecule has 0 aromatic carbocycles. The molecule has 0 saturated heterocycles. The van der Waals surface area contributed by atoms with Crippen LogP contribution in [0.25, 0.3) is 0 Å². The Bertz CT molecular complexity index is 413. The van der Waals surface area contributed by atoms with Gasteiger partial charge in [-0.05, 0) is 0 Å². The number of pyridine rings is 1. The zero-order chi connectivity index (χ0) is 12.3. The summed E-state index contributed by atoms with van der Waals surface area (Å²) in [6, 6.07) is 0. The summed E-state index contributed by atoms with van der Waals surface area (Å²) in [5, 5.41) is 0.150. The first-order chi connectivity index (χ1) is 7.52. The van der Waals surface area contributed by atoms with Crippen LogP contribution in [0, 0.1) is 0 Å². The van der Waals surface area contributed by atoms with Crippen LogP contribution in [0.4, 0.5) is 14.5 Å². The second-order valence-electron chi connectivity index (χ2n) is 2.88. The predicted octanol–water partition coefficient (Wildman–Crippen LogP) is 2.28. The summed E-state index contributed by atoms with van der Waals surface area (Å²) in [4.78, 5) is 14.9. The van der Waals surface area contributed by atoms with Crippen molar-refractivity contribution in [2.75, 3.05) is 12.8 Å². The minimum atomic E-state index is -2.73. The molecule has 7 heteroatoms. The molecular formula is C9H9BrF2N2O2. The topological polar surface area (TPSA) is 65.2 Å². The predicted molar refractivity (Wildman–Crippen MR) is 57.6 cm³/mol. The van der Waals surface area contributed by atoms with E-state index in [0.29, 0.717) is 0 Å². The first kappa shape index (κ1) is 12.8. The maximum Gasteiger partial charge on any atom is 0.357 e. The number of aromatic nitrogens is 1. The van der Waals surface area contributed by atoms with Gasteiger partial charge in [-0.1, -0.05) is 15.9 Å². The molecule has 0 atom stereocenters. The zero-order valence-corrected chi connectivity index (χ0v) is 9.92. The Labute approximate surface area is 98.9 Å². The van der Waals surface area contributed by atoms with E-state index in [1.165, 1.54) is 7.11 Å². The van der Waals surface area contributed by atoms with Gasteiger partial charge >= 0.3 is 5.97 Å². The van der Waals surface area contributed by atoms with E-state index in [9.17, 15) is 13.6 Å². The summed E-state index contributed by atoms with van der Waals surface area (Å²) >= 11 is 3.07. The fourth-order valence-corrected chi connectivity index (χ4v) is 1.73. The quantitative estimate of drug-likeness (QED) is 0.686. The Kier molecular flexibility index (Phi) is 4.17. The number of nitrogens with zero attached hydrogens (tertiary/aromatic N) is 1. The minimum absolute atomic E-state index is 0.0544. The van der Waals surface area contributed by atoms with Crippen LogP contribution in [0.2, 0.25) is 0 Å². The highest BCUT2D eigenvalue weighted by Gasteiger charge is 2.21. The number of hydrogen-bond acceptors (Lipinski definition) is 4. The summed E-state index contributed by atoms with van der Waals surface area (Å²) in [6.45, 7) is 0. The zero-order valence-electron chi connectivity index (χ0n) is 8.34. The molecule has 0 aliphatic carbocycles. The molecule has 0 spiro atoms. The number of alkyl halides is 3. The van der Waals surface area contributed by atoms with Crippen LogP contribution >= 0.6 is 15.9 Å². The van der Waals surface area contributed by atoms with E-state index in [1.54, 1.807) is 0 Å². The van der Waals surface area contributed by atoms with Gasteiger partial charge in [-0.25, -0.2) is 18.6 Å². The largest absolute Gasteiger partial charge is 0.464 e. The van der Waals surface area contributed by atoms with Gasteiger partial charge in [-0.2, -0.15) is 0 Å². The number of carbonyl (C=O) groups is 1. The van der Waals surface area contributed by atoms with Gasteiger partial charge < -0.3 is 10.5 Å². The van der Waals surface area contributed by atoms with Gasteiger partial charge in [0.05, 0.1) is 12.7 Å². The number of ether oxygens (including phenoxy) is 1. The lowest BCUT2D eigenvalue weighted by Crippen LogP contribution is -2.12. The number of rotatable bonds is 3. The number of anilines is 1. The van der Waals surface area contributed by atoms with Crippen LogP contribution in [0.1, 0.15) is 28.0 Å². The molecule has 0 fully saturated rings. The maximum absolute atomic E-state index is 12.5. The Balaban J connectivity index is 3.35. The van der Waals surface area contributed by atoms with E-state index < -0.39 is 12.4 Å². The molecular weight excluding hydrogens is 286 g/mol. The second-order valence-corrected chi connectivity index (χ2v) is 3.44. The fourth-order valence-electron chi connectivity index (χ4n) is 1.17. The summed E-state index contributed by atoms with van der Waals surface area (Å²) < 4.78 is 29.5. The van der Waals surface area contributed by atoms with Crippen LogP contribution in [0.15, 0.2) is 6.20 Å². The van der Waals surface area contributed by atoms with E-state index in [-0.39, 0.29) is 27.8 Å². The SMILES string of the molecule is COC(=O)c1ncc(C(F)F)c(N)c1CBr. The molecule has 1 aromatic heterocycles. The number of carbonyl (C=O) groups excluding carboxylic acids is 1. The Morgan fingerprint density at radius 2 is 2.31 bits per heavy atom. The first-order valence-electron chi connectivity index (χ1n) is 4.22. The monoisotopic (exact) mass is 294 g/mol. The first-order valence-corrected chi connectivity index (χ1v) is 5.34. The Hall–Kier alpha value is -1.24. The molecule has 0 amide bonds. The standard InChI is InChI=1S/C9H9BrF2N2O2/c1-16-9(15)7-4(2-10)6(13)5(3-14-7)8(11)12/h3,8H,2H2,1H3,(H2,13,14). The van der Waals surface area contributed by atoms with Crippen molar-refractivity contribution in [2.45, 2.75) is 11.8 Å². The summed E-state index contributed by atoms with van der Waals surface area (Å²) in [5.74, 6) is -0.707. The molecule has 0 bridgehead atoms. The van der Waals surface area contributed by atoms with Crippen LogP contribution in [0.3, 0.4) is 0 Å². The molecule has 1 aromatic rings. The smallest absolute Gasteiger partial charge is 0.357 e. The molecule has 1 rings (SSSR count). The number of halogens is 3. The number of hydrogen-bond donors (Lipinski definition) is 1. The van der Waals surface area contributed by atoms with Gasteiger partial charge in [0.2, 0.25) is 0 Å². The molecule has 0 saturated carbocycles. The Morgan fingerprint density at radius 1 is 1.69 bits per heavy atom. The number of esters is 1. The lowest BCUT2D eigenvalue weighted by Gasteiger charge is -2.11. The van der Waals surface area contributed by atoms with Crippen molar-refractivity contribution in [1.29, 1.82) is 0 Å². The highest BCUT2D eigenvalue weighted by molar-refractivity contribution is 9.08. The van der Waals surface area contributed by atoms with Crippen molar-refractivity contribution in [3.63, 3.8) is 0 Å². The minimum Gasteiger partial charge on any atom is -0.464 e.